The Balaban J connectivity index is 3.08. The van der Waals surface area contributed by atoms with Gasteiger partial charge in [0.15, 0.2) is 0 Å². The van der Waals surface area contributed by atoms with Crippen LogP contribution in [0.2, 0.25) is 0 Å². The summed E-state index contributed by atoms with van der Waals surface area (Å²) in [5.74, 6) is 0.394. The number of unbranched alkanes of at least 4 members (excludes halogenated alkanes) is 2. The van der Waals surface area contributed by atoms with E-state index in [0.717, 1.165) is 25.7 Å². The molecule has 0 N–H and O–H groups in total. The van der Waals surface area contributed by atoms with Gasteiger partial charge in [0, 0.05) is 12.8 Å². The fraction of sp³-hybridized carbons (Fsp3) is 0.700. The zero-order chi connectivity index (χ0) is 8.53. The monoisotopic (exact) mass is 154 g/mol. The number of rotatable bonds is 6. The van der Waals surface area contributed by atoms with Gasteiger partial charge < -0.3 is 0 Å². The molecule has 0 atom stereocenters. The zero-order valence-electron chi connectivity index (χ0n) is 7.60. The first kappa shape index (κ1) is 10.4. The fourth-order valence-electron chi connectivity index (χ4n) is 0.928. The van der Waals surface area contributed by atoms with Crippen molar-refractivity contribution >= 4 is 5.78 Å². The number of ketones is 1. The van der Waals surface area contributed by atoms with Gasteiger partial charge in [0.25, 0.3) is 0 Å². The molecule has 64 valence electrons. The minimum absolute atomic E-state index is 0.394. The van der Waals surface area contributed by atoms with Crippen LogP contribution >= 0.6 is 0 Å². The van der Waals surface area contributed by atoms with Crippen LogP contribution in [-0.4, -0.2) is 5.78 Å². The van der Waals surface area contributed by atoms with E-state index >= 15 is 0 Å². The van der Waals surface area contributed by atoms with Crippen LogP contribution in [-0.2, 0) is 4.79 Å². The van der Waals surface area contributed by atoms with Gasteiger partial charge in [-0.05, 0) is 26.2 Å². The van der Waals surface area contributed by atoms with Crippen molar-refractivity contribution < 1.29 is 4.79 Å². The Morgan fingerprint density at radius 3 is 2.64 bits per heavy atom. The van der Waals surface area contributed by atoms with E-state index in [-0.39, 0.29) is 0 Å². The van der Waals surface area contributed by atoms with Gasteiger partial charge in [0.1, 0.15) is 5.78 Å². The van der Waals surface area contributed by atoms with E-state index in [0.29, 0.717) is 12.2 Å². The number of hydrogen-bond acceptors (Lipinski definition) is 1. The van der Waals surface area contributed by atoms with E-state index in [4.69, 9.17) is 0 Å². The molecule has 0 aliphatic heterocycles. The summed E-state index contributed by atoms with van der Waals surface area (Å²) in [4.78, 5) is 10.8. The first-order valence-corrected chi connectivity index (χ1v) is 4.44. The van der Waals surface area contributed by atoms with Crippen molar-refractivity contribution in [3.8, 4) is 0 Å². The molecular formula is C10H18O. The number of allylic oxidation sites excluding steroid dienone is 2. The zero-order valence-corrected chi connectivity index (χ0v) is 7.60. The largest absolute Gasteiger partial charge is 0.300 e. The molecule has 0 aromatic carbocycles. The number of carbonyl (C=O) groups is 1. The number of carbonyl (C=O) groups excluding carboxylic acids is 1. The van der Waals surface area contributed by atoms with Gasteiger partial charge in [-0.3, -0.25) is 4.79 Å². The molecule has 0 unspecified atom stereocenters. The summed E-state index contributed by atoms with van der Waals surface area (Å²) in [5.41, 5.74) is 0. The summed E-state index contributed by atoms with van der Waals surface area (Å²) >= 11 is 0. The Kier molecular flexibility index (Phi) is 7.11. The van der Waals surface area contributed by atoms with Crippen LogP contribution < -0.4 is 0 Å². The van der Waals surface area contributed by atoms with E-state index in [1.807, 2.05) is 13.8 Å². The molecule has 0 aliphatic carbocycles. The molecule has 0 aromatic heterocycles. The van der Waals surface area contributed by atoms with Gasteiger partial charge in [-0.2, -0.15) is 0 Å². The Labute approximate surface area is 69.5 Å². The van der Waals surface area contributed by atoms with Crippen molar-refractivity contribution in [2.45, 2.75) is 46.0 Å². The molecule has 0 bridgehead atoms. The molecule has 0 rings (SSSR count). The Hall–Kier alpha value is -0.590. The van der Waals surface area contributed by atoms with E-state index in [2.05, 4.69) is 12.2 Å². The molecule has 0 saturated heterocycles. The maximum atomic E-state index is 10.8. The predicted octanol–water partition coefficient (Wildman–Crippen LogP) is 3.10. The molecule has 0 fully saturated rings. The quantitative estimate of drug-likeness (QED) is 0.424. The Morgan fingerprint density at radius 2 is 2.09 bits per heavy atom. The first-order valence-electron chi connectivity index (χ1n) is 4.44. The van der Waals surface area contributed by atoms with Crippen LogP contribution in [0.3, 0.4) is 0 Å². The molecule has 0 amide bonds. The molecular weight excluding hydrogens is 136 g/mol. The standard InChI is InChI=1S/C10H18O/c1-3-5-6-7-8-9-10(11)4-2/h3,5H,4,6-9H2,1-2H3/b5-3+. The second kappa shape index (κ2) is 7.52. The highest BCUT2D eigenvalue weighted by Crippen LogP contribution is 2.02. The van der Waals surface area contributed by atoms with Crippen LogP contribution in [0.25, 0.3) is 0 Å². The number of Topliss-reactive ketones (excluding diaryl/α,β-unsaturated/α-hetero) is 1. The molecule has 0 aliphatic rings. The van der Waals surface area contributed by atoms with Crippen LogP contribution in [0.5, 0.6) is 0 Å². The second-order valence-electron chi connectivity index (χ2n) is 2.71. The highest BCUT2D eigenvalue weighted by Gasteiger charge is 1.95. The summed E-state index contributed by atoms with van der Waals surface area (Å²) in [6.45, 7) is 3.95. The number of hydrogen-bond donors (Lipinski definition) is 0. The van der Waals surface area contributed by atoms with Gasteiger partial charge >= 0.3 is 0 Å². The third-order valence-corrected chi connectivity index (χ3v) is 1.71. The molecule has 0 saturated carbocycles. The highest BCUT2D eigenvalue weighted by molar-refractivity contribution is 5.77. The van der Waals surface area contributed by atoms with Gasteiger partial charge in [0.05, 0.1) is 0 Å². The average molecular weight is 154 g/mol. The van der Waals surface area contributed by atoms with Crippen molar-refractivity contribution in [2.24, 2.45) is 0 Å². The lowest BCUT2D eigenvalue weighted by Gasteiger charge is -1.95. The molecule has 1 nitrogen and oxygen atoms in total. The average Bonchev–Trinajstić information content (AvgIpc) is 2.04. The normalized spacial score (nSPS) is 10.7. The minimum atomic E-state index is 0.394. The highest BCUT2D eigenvalue weighted by atomic mass is 16.1. The third-order valence-electron chi connectivity index (χ3n) is 1.71. The van der Waals surface area contributed by atoms with Crippen LogP contribution in [0.4, 0.5) is 0 Å². The van der Waals surface area contributed by atoms with Gasteiger partial charge in [0.2, 0.25) is 0 Å². The fourth-order valence-corrected chi connectivity index (χ4v) is 0.928. The summed E-state index contributed by atoms with van der Waals surface area (Å²) < 4.78 is 0. The van der Waals surface area contributed by atoms with E-state index in [1.165, 1.54) is 0 Å². The second-order valence-corrected chi connectivity index (χ2v) is 2.71. The van der Waals surface area contributed by atoms with Crippen molar-refractivity contribution in [3.63, 3.8) is 0 Å². The first-order chi connectivity index (χ1) is 5.31. The maximum absolute atomic E-state index is 10.8. The van der Waals surface area contributed by atoms with Gasteiger partial charge in [-0.1, -0.05) is 19.1 Å². The van der Waals surface area contributed by atoms with E-state index in [9.17, 15) is 4.79 Å². The minimum Gasteiger partial charge on any atom is -0.300 e. The molecule has 0 radical (unpaired) electrons. The lowest BCUT2D eigenvalue weighted by Crippen LogP contribution is -1.93. The lowest BCUT2D eigenvalue weighted by molar-refractivity contribution is -0.118. The molecule has 11 heavy (non-hydrogen) atoms. The molecule has 0 heterocycles. The van der Waals surface area contributed by atoms with Crippen molar-refractivity contribution in [1.29, 1.82) is 0 Å². The summed E-state index contributed by atoms with van der Waals surface area (Å²) in [7, 11) is 0. The lowest BCUT2D eigenvalue weighted by atomic mass is 10.1. The Bertz CT molecular complexity index is 125. The SMILES string of the molecule is C/C=C/CCCCC(=O)CC. The van der Waals surface area contributed by atoms with Crippen LogP contribution in [0.1, 0.15) is 46.0 Å². The molecule has 0 aromatic rings. The van der Waals surface area contributed by atoms with Gasteiger partial charge in [-0.25, -0.2) is 0 Å². The van der Waals surface area contributed by atoms with Crippen LogP contribution in [0.15, 0.2) is 12.2 Å². The summed E-state index contributed by atoms with van der Waals surface area (Å²) in [6, 6.07) is 0. The summed E-state index contributed by atoms with van der Waals surface area (Å²) in [6.07, 6.45) is 9.00. The summed E-state index contributed by atoms with van der Waals surface area (Å²) in [5, 5.41) is 0. The van der Waals surface area contributed by atoms with Crippen molar-refractivity contribution in [1.82, 2.24) is 0 Å². The van der Waals surface area contributed by atoms with E-state index < -0.39 is 0 Å². The Morgan fingerprint density at radius 1 is 1.36 bits per heavy atom. The smallest absolute Gasteiger partial charge is 0.132 e. The molecule has 1 heteroatoms. The van der Waals surface area contributed by atoms with E-state index in [1.54, 1.807) is 0 Å². The maximum Gasteiger partial charge on any atom is 0.132 e. The van der Waals surface area contributed by atoms with Crippen molar-refractivity contribution in [2.75, 3.05) is 0 Å². The van der Waals surface area contributed by atoms with Crippen LogP contribution in [0, 0.1) is 0 Å². The van der Waals surface area contributed by atoms with Gasteiger partial charge in [-0.15, -0.1) is 0 Å². The topological polar surface area (TPSA) is 17.1 Å². The van der Waals surface area contributed by atoms with Crippen molar-refractivity contribution in [3.05, 3.63) is 12.2 Å². The third kappa shape index (κ3) is 7.31. The predicted molar refractivity (Wildman–Crippen MR) is 48.6 cm³/mol. The molecule has 0 spiro atoms.